The van der Waals surface area contributed by atoms with Crippen LogP contribution in [0, 0.1) is 10.1 Å². The molecular weight excluding hydrogens is 253 g/mol. The fourth-order valence-electron chi connectivity index (χ4n) is 1.13. The van der Waals surface area contributed by atoms with Crippen molar-refractivity contribution in [2.24, 2.45) is 0 Å². The van der Waals surface area contributed by atoms with Crippen LogP contribution in [-0.4, -0.2) is 19.1 Å². The van der Waals surface area contributed by atoms with Gasteiger partial charge in [0, 0.05) is 44.9 Å². The van der Waals surface area contributed by atoms with Crippen molar-refractivity contribution in [2.75, 3.05) is 14.2 Å². The lowest BCUT2D eigenvalue weighted by molar-refractivity contribution is -0.428. The molecular formula is C8H12NO5PS. The van der Waals surface area contributed by atoms with Gasteiger partial charge in [-0.1, -0.05) is 0 Å². The average molecular weight is 265 g/mol. The molecule has 0 amide bonds. The number of allylic oxidation sites excluding steroid dienone is 4. The van der Waals surface area contributed by atoms with Gasteiger partial charge >= 0.3 is 6.72 Å². The van der Waals surface area contributed by atoms with E-state index in [-0.39, 0.29) is 5.70 Å². The molecule has 0 aromatic rings. The molecule has 90 valence electrons. The first-order valence-corrected chi connectivity index (χ1v) is 7.01. The van der Waals surface area contributed by atoms with E-state index in [4.69, 9.17) is 25.4 Å². The van der Waals surface area contributed by atoms with Crippen LogP contribution in [0.2, 0.25) is 0 Å². The first-order chi connectivity index (χ1) is 7.50. The molecule has 0 bridgehead atoms. The summed E-state index contributed by atoms with van der Waals surface area (Å²) >= 11 is 5.02. The normalized spacial score (nSPS) is 16.4. The van der Waals surface area contributed by atoms with E-state index in [9.17, 15) is 10.1 Å². The molecule has 0 aliphatic heterocycles. The van der Waals surface area contributed by atoms with Crippen LogP contribution < -0.4 is 0 Å². The van der Waals surface area contributed by atoms with Gasteiger partial charge in [0.2, 0.25) is 5.70 Å². The summed E-state index contributed by atoms with van der Waals surface area (Å²) in [5.41, 5.74) is 0.162. The highest BCUT2D eigenvalue weighted by Gasteiger charge is 2.23. The zero-order valence-corrected chi connectivity index (χ0v) is 10.6. The van der Waals surface area contributed by atoms with E-state index in [2.05, 4.69) is 0 Å². The maximum Gasteiger partial charge on any atom is 0.379 e. The number of nitro groups is 1. The third kappa shape index (κ3) is 3.38. The van der Waals surface area contributed by atoms with Crippen molar-refractivity contribution in [3.63, 3.8) is 0 Å². The maximum absolute atomic E-state index is 10.5. The third-order valence-electron chi connectivity index (χ3n) is 2.00. The monoisotopic (exact) mass is 265 g/mol. The largest absolute Gasteiger partial charge is 0.429 e. The molecule has 1 aliphatic carbocycles. The van der Waals surface area contributed by atoms with Gasteiger partial charge in [0.05, 0.1) is 4.92 Å². The summed E-state index contributed by atoms with van der Waals surface area (Å²) in [6.45, 7) is -2.73. The second kappa shape index (κ2) is 5.54. The quantitative estimate of drug-likeness (QED) is 0.431. The molecule has 8 heteroatoms. The molecule has 0 spiro atoms. The minimum absolute atomic E-state index is 0.162. The molecule has 0 aromatic carbocycles. The lowest BCUT2D eigenvalue weighted by atomic mass is 10.1. The molecule has 1 aliphatic rings. The van der Waals surface area contributed by atoms with Crippen molar-refractivity contribution < 1.29 is 18.5 Å². The summed E-state index contributed by atoms with van der Waals surface area (Å²) in [5, 5.41) is 10.5. The first-order valence-electron chi connectivity index (χ1n) is 4.46. The van der Waals surface area contributed by atoms with Gasteiger partial charge < -0.3 is 13.6 Å². The fraction of sp³-hybridized carbons (Fsp3) is 0.500. The van der Waals surface area contributed by atoms with E-state index < -0.39 is 11.6 Å². The molecule has 0 heterocycles. The van der Waals surface area contributed by atoms with Crippen molar-refractivity contribution >= 4 is 18.5 Å². The van der Waals surface area contributed by atoms with E-state index in [1.807, 2.05) is 0 Å². The maximum atomic E-state index is 10.5. The second-order valence-electron chi connectivity index (χ2n) is 2.95. The van der Waals surface area contributed by atoms with E-state index in [0.717, 1.165) is 0 Å². The summed E-state index contributed by atoms with van der Waals surface area (Å²) in [6.07, 6.45) is 3.68. The van der Waals surface area contributed by atoms with Crippen molar-refractivity contribution in [1.29, 1.82) is 0 Å². The summed E-state index contributed by atoms with van der Waals surface area (Å²) < 4.78 is 15.3. The minimum Gasteiger partial charge on any atom is -0.429 e. The summed E-state index contributed by atoms with van der Waals surface area (Å²) in [4.78, 5) is 10.1. The standard InChI is InChI=1S/C8H12NO5PS/c1-12-15(16,13-2)14-8-5-3-7(4-6-8)9(10)11/h3,5H,4,6H2,1-2H3. The zero-order valence-electron chi connectivity index (χ0n) is 8.91. The number of hydrogen-bond donors (Lipinski definition) is 0. The van der Waals surface area contributed by atoms with Crippen LogP contribution in [0.1, 0.15) is 12.8 Å². The fourth-order valence-corrected chi connectivity index (χ4v) is 2.15. The minimum atomic E-state index is -2.73. The van der Waals surface area contributed by atoms with Gasteiger partial charge in [0.1, 0.15) is 5.76 Å². The van der Waals surface area contributed by atoms with Crippen molar-refractivity contribution in [2.45, 2.75) is 12.8 Å². The van der Waals surface area contributed by atoms with Crippen LogP contribution in [0.4, 0.5) is 0 Å². The van der Waals surface area contributed by atoms with Crippen LogP contribution >= 0.6 is 6.72 Å². The molecule has 6 nitrogen and oxygen atoms in total. The Hall–Kier alpha value is -0.750. The number of rotatable bonds is 5. The Morgan fingerprint density at radius 3 is 2.38 bits per heavy atom. The molecule has 0 radical (unpaired) electrons. The topological polar surface area (TPSA) is 70.8 Å². The average Bonchev–Trinajstić information content (AvgIpc) is 2.29. The lowest BCUT2D eigenvalue weighted by Gasteiger charge is -2.20. The van der Waals surface area contributed by atoms with Crippen LogP contribution in [0.15, 0.2) is 23.6 Å². The van der Waals surface area contributed by atoms with Gasteiger partial charge in [-0.2, -0.15) is 0 Å². The van der Waals surface area contributed by atoms with Crippen molar-refractivity contribution in [1.82, 2.24) is 0 Å². The van der Waals surface area contributed by atoms with E-state index in [1.54, 1.807) is 0 Å². The molecule has 16 heavy (non-hydrogen) atoms. The summed E-state index contributed by atoms with van der Waals surface area (Å²) in [5.74, 6) is 0.553. The predicted molar refractivity (Wildman–Crippen MR) is 61.8 cm³/mol. The van der Waals surface area contributed by atoms with Crippen LogP contribution in [0.3, 0.4) is 0 Å². The summed E-state index contributed by atoms with van der Waals surface area (Å²) in [7, 11) is 2.82. The Kier molecular flexibility index (Phi) is 4.61. The highest BCUT2D eigenvalue weighted by molar-refractivity contribution is 8.07. The molecule has 0 N–H and O–H groups in total. The third-order valence-corrected chi connectivity index (χ3v) is 4.47. The van der Waals surface area contributed by atoms with Crippen LogP contribution in [-0.2, 0) is 25.4 Å². The van der Waals surface area contributed by atoms with Crippen LogP contribution in [0.5, 0.6) is 0 Å². The Bertz CT molecular complexity index is 384. The van der Waals surface area contributed by atoms with E-state index in [1.165, 1.54) is 26.4 Å². The molecule has 0 fully saturated rings. The van der Waals surface area contributed by atoms with Crippen molar-refractivity contribution in [3.8, 4) is 0 Å². The predicted octanol–water partition coefficient (Wildman–Crippen LogP) is 2.36. The molecule has 0 atom stereocenters. The Morgan fingerprint density at radius 1 is 1.38 bits per heavy atom. The zero-order chi connectivity index (χ0) is 12.2. The van der Waals surface area contributed by atoms with Gasteiger partial charge in [-0.15, -0.1) is 0 Å². The van der Waals surface area contributed by atoms with Crippen LogP contribution in [0.25, 0.3) is 0 Å². The van der Waals surface area contributed by atoms with Gasteiger partial charge in [-0.25, -0.2) is 0 Å². The molecule has 0 aromatic heterocycles. The summed E-state index contributed by atoms with van der Waals surface area (Å²) in [6, 6.07) is 0. The number of nitrogens with zero attached hydrogens (tertiary/aromatic N) is 1. The van der Waals surface area contributed by atoms with Crippen molar-refractivity contribution in [3.05, 3.63) is 33.7 Å². The smallest absolute Gasteiger partial charge is 0.379 e. The van der Waals surface area contributed by atoms with Gasteiger partial charge in [0.15, 0.2) is 0 Å². The highest BCUT2D eigenvalue weighted by atomic mass is 32.5. The number of hydrogen-bond acceptors (Lipinski definition) is 6. The molecule has 0 saturated heterocycles. The molecule has 0 saturated carbocycles. The molecule has 1 rings (SSSR count). The Balaban J connectivity index is 2.72. The second-order valence-corrected chi connectivity index (χ2v) is 6.10. The molecule has 0 unspecified atom stereocenters. The van der Waals surface area contributed by atoms with E-state index in [0.29, 0.717) is 18.6 Å². The first kappa shape index (κ1) is 13.3. The van der Waals surface area contributed by atoms with Gasteiger partial charge in [0.25, 0.3) is 0 Å². The SMILES string of the molecule is COP(=S)(OC)OC1=CC=C([N+](=O)[O-])CC1. The Morgan fingerprint density at radius 2 is 2.00 bits per heavy atom. The van der Waals surface area contributed by atoms with Gasteiger partial charge in [-0.05, 0) is 6.08 Å². The van der Waals surface area contributed by atoms with E-state index >= 15 is 0 Å². The Labute approximate surface area is 98.3 Å². The lowest BCUT2D eigenvalue weighted by Crippen LogP contribution is -2.04. The van der Waals surface area contributed by atoms with Gasteiger partial charge in [-0.3, -0.25) is 10.1 Å². The highest BCUT2D eigenvalue weighted by Crippen LogP contribution is 2.51.